The molecule has 1 aromatic carbocycles. The molecule has 17 heteroatoms. The summed E-state index contributed by atoms with van der Waals surface area (Å²) in [7, 11) is -3.09. The molecular weight excluding hydrogens is 625 g/mol. The molecule has 1 fully saturated rings. The molecule has 3 heterocycles. The summed E-state index contributed by atoms with van der Waals surface area (Å²) in [4.78, 5) is 38.1. The number of rotatable bonds is 15. The number of fused-ring (bicyclic) bond motifs is 1. The molecular formula is C29H40N5O11P. The number of methoxy groups -OCH3 is 1. The van der Waals surface area contributed by atoms with Gasteiger partial charge in [-0.3, -0.25) is 18.4 Å². The summed E-state index contributed by atoms with van der Waals surface area (Å²) >= 11 is 0. The molecule has 0 spiro atoms. The van der Waals surface area contributed by atoms with Crippen LogP contribution in [0.4, 0.5) is 0 Å². The van der Waals surface area contributed by atoms with Gasteiger partial charge in [0.15, 0.2) is 24.0 Å². The molecule has 0 radical (unpaired) electrons. The molecule has 0 saturated carbocycles. The monoisotopic (exact) mass is 665 g/mol. The number of imidazole rings is 1. The van der Waals surface area contributed by atoms with Crippen LogP contribution in [0, 0.1) is 6.92 Å². The topological polar surface area (TPSA) is 203 Å². The van der Waals surface area contributed by atoms with E-state index in [-0.39, 0.29) is 24.6 Å². The Morgan fingerprint density at radius 2 is 1.91 bits per heavy atom. The predicted octanol–water partition coefficient (Wildman–Crippen LogP) is 2.01. The van der Waals surface area contributed by atoms with Crippen LogP contribution in [0.3, 0.4) is 0 Å². The number of hydrogen-bond acceptors (Lipinski definition) is 14. The van der Waals surface area contributed by atoms with Crippen LogP contribution < -0.4 is 9.82 Å². The van der Waals surface area contributed by atoms with Crippen molar-refractivity contribution in [2.75, 3.05) is 26.9 Å². The van der Waals surface area contributed by atoms with Crippen LogP contribution in [0.1, 0.15) is 45.3 Å². The molecule has 2 unspecified atom stereocenters. The van der Waals surface area contributed by atoms with Crippen molar-refractivity contribution >= 4 is 30.8 Å². The van der Waals surface area contributed by atoms with Gasteiger partial charge in [0.1, 0.15) is 29.7 Å². The molecule has 0 amide bonds. The number of benzene rings is 1. The zero-order chi connectivity index (χ0) is 33.6. The van der Waals surface area contributed by atoms with Gasteiger partial charge in [0.05, 0.1) is 32.8 Å². The smallest absolute Gasteiger partial charge is 0.406 e. The average Bonchev–Trinajstić information content (AvgIpc) is 3.51. The molecule has 252 valence electrons. The van der Waals surface area contributed by atoms with Gasteiger partial charge in [-0.2, -0.15) is 4.98 Å². The highest BCUT2D eigenvalue weighted by Gasteiger charge is 2.54. The Morgan fingerprint density at radius 3 is 2.57 bits per heavy atom. The number of nitrogens with zero attached hydrogens (tertiary/aromatic N) is 4. The lowest BCUT2D eigenvalue weighted by Gasteiger charge is -2.27. The van der Waals surface area contributed by atoms with Crippen LogP contribution >= 0.6 is 7.75 Å². The van der Waals surface area contributed by atoms with Crippen LogP contribution in [-0.2, 0) is 43.8 Å². The number of carbonyl (C=O) groups excluding carboxylic acids is 2. The van der Waals surface area contributed by atoms with Crippen molar-refractivity contribution in [2.45, 2.75) is 77.2 Å². The van der Waals surface area contributed by atoms with Gasteiger partial charge in [-0.1, -0.05) is 30.3 Å². The molecule has 2 aromatic heterocycles. The van der Waals surface area contributed by atoms with E-state index in [1.165, 1.54) is 24.9 Å². The van der Waals surface area contributed by atoms with Crippen molar-refractivity contribution in [1.29, 1.82) is 0 Å². The van der Waals surface area contributed by atoms with E-state index in [0.717, 1.165) is 5.56 Å². The number of aliphatic hydroxyl groups excluding tert-OH is 1. The van der Waals surface area contributed by atoms with Gasteiger partial charge in [0.2, 0.25) is 5.88 Å². The Bertz CT molecular complexity index is 1550. The van der Waals surface area contributed by atoms with Gasteiger partial charge in [0, 0.05) is 0 Å². The van der Waals surface area contributed by atoms with Gasteiger partial charge in [-0.25, -0.2) is 24.4 Å². The summed E-state index contributed by atoms with van der Waals surface area (Å²) in [6, 6.07) is 7.69. The minimum Gasteiger partial charge on any atom is -0.479 e. The van der Waals surface area contributed by atoms with Crippen molar-refractivity contribution < 1.29 is 52.4 Å². The quantitative estimate of drug-likeness (QED) is 0.157. The third-order valence-electron chi connectivity index (χ3n) is 7.00. The van der Waals surface area contributed by atoms with Crippen molar-refractivity contribution in [1.82, 2.24) is 24.6 Å². The van der Waals surface area contributed by atoms with Crippen molar-refractivity contribution in [3.05, 3.63) is 48.0 Å². The van der Waals surface area contributed by atoms with E-state index < -0.39 is 69.1 Å². The zero-order valence-electron chi connectivity index (χ0n) is 26.5. The van der Waals surface area contributed by atoms with E-state index in [4.69, 9.17) is 28.0 Å². The number of ether oxygens (including phenoxy) is 4. The maximum Gasteiger partial charge on any atom is 0.406 e. The normalized spacial score (nSPS) is 23.3. The van der Waals surface area contributed by atoms with Crippen molar-refractivity contribution in [3.63, 3.8) is 0 Å². The number of nitrogens with one attached hydrogen (secondary N) is 1. The second-order valence-corrected chi connectivity index (χ2v) is 12.8. The van der Waals surface area contributed by atoms with Crippen molar-refractivity contribution in [2.24, 2.45) is 0 Å². The first-order chi connectivity index (χ1) is 21.8. The minimum atomic E-state index is -4.52. The lowest BCUT2D eigenvalue weighted by Crippen LogP contribution is -2.44. The fourth-order valence-electron chi connectivity index (χ4n) is 4.87. The largest absolute Gasteiger partial charge is 0.479 e. The predicted molar refractivity (Wildman–Crippen MR) is 162 cm³/mol. The molecule has 4 rings (SSSR count). The SMILES string of the molecule is CCOC(=O)[C@H](Cc1ccccc1)NP(=O)(OCC(=O)OC(C)C)OC[C@H]1O[C@@H](n2cnc3c(OC)nc(C)nc32)[C@@](C)(O)C1O. The van der Waals surface area contributed by atoms with Crippen LogP contribution in [0.25, 0.3) is 11.2 Å². The Labute approximate surface area is 265 Å². The first-order valence-corrected chi connectivity index (χ1v) is 16.2. The third kappa shape index (κ3) is 8.25. The average molecular weight is 666 g/mol. The number of aryl methyl sites for hydroxylation is 1. The molecule has 46 heavy (non-hydrogen) atoms. The van der Waals surface area contributed by atoms with Crippen LogP contribution in [0.2, 0.25) is 0 Å². The van der Waals surface area contributed by atoms with Crippen LogP contribution in [0.15, 0.2) is 36.7 Å². The highest BCUT2D eigenvalue weighted by molar-refractivity contribution is 7.51. The number of esters is 2. The first kappa shape index (κ1) is 35.4. The molecule has 16 nitrogen and oxygen atoms in total. The Balaban J connectivity index is 1.58. The lowest BCUT2D eigenvalue weighted by molar-refractivity contribution is -0.150. The number of carbonyl (C=O) groups is 2. The standard InChI is InChI=1S/C29H40N5O11P/c1-7-41-27(37)20(13-19-11-9-8-10-12-19)33-46(39,43-15-22(35)44-17(2)3)42-14-21-24(36)29(5,38)28(45-21)34-16-30-23-25(34)31-18(4)32-26(23)40-6/h8-12,16-17,20-21,24,28,36,38H,7,13-15H2,1-6H3,(H,33,39)/t20-,21+,24?,28+,29-,46?/m0/s1. The third-order valence-corrected chi connectivity index (χ3v) is 8.58. The van der Waals surface area contributed by atoms with Crippen LogP contribution in [0.5, 0.6) is 5.88 Å². The Hall–Kier alpha value is -3.50. The fraction of sp³-hybridized carbons (Fsp3) is 0.552. The second kappa shape index (κ2) is 14.9. The summed E-state index contributed by atoms with van der Waals surface area (Å²) in [5.74, 6) is -0.971. The summed E-state index contributed by atoms with van der Waals surface area (Å²) in [6.45, 7) is 6.58. The first-order valence-electron chi connectivity index (χ1n) is 14.7. The Morgan fingerprint density at radius 1 is 1.20 bits per heavy atom. The molecule has 1 saturated heterocycles. The maximum atomic E-state index is 14.1. The van der Waals surface area contributed by atoms with Gasteiger partial charge in [0.25, 0.3) is 0 Å². The van der Waals surface area contributed by atoms with Crippen molar-refractivity contribution in [3.8, 4) is 5.88 Å². The maximum absolute atomic E-state index is 14.1. The van der Waals surface area contributed by atoms with E-state index in [1.54, 1.807) is 58.0 Å². The number of aliphatic hydroxyl groups is 2. The van der Waals surface area contributed by atoms with E-state index in [2.05, 4.69) is 20.0 Å². The fourth-order valence-corrected chi connectivity index (χ4v) is 6.29. The summed E-state index contributed by atoms with van der Waals surface area (Å²) in [5.41, 5.74) is -0.606. The number of aromatic nitrogens is 4. The molecule has 6 atom stereocenters. The number of hydrogen-bond donors (Lipinski definition) is 3. The molecule has 0 aliphatic carbocycles. The lowest BCUT2D eigenvalue weighted by atomic mass is 9.96. The van der Waals surface area contributed by atoms with Gasteiger partial charge < -0.3 is 29.2 Å². The van der Waals surface area contributed by atoms with Gasteiger partial charge in [-0.15, -0.1) is 0 Å². The highest BCUT2D eigenvalue weighted by atomic mass is 31.2. The van der Waals surface area contributed by atoms with Gasteiger partial charge in [-0.05, 0) is 46.6 Å². The highest BCUT2D eigenvalue weighted by Crippen LogP contribution is 2.47. The summed E-state index contributed by atoms with van der Waals surface area (Å²) in [6.07, 6.45) is -3.11. The van der Waals surface area contributed by atoms with Crippen LogP contribution in [-0.4, -0.2) is 98.6 Å². The van der Waals surface area contributed by atoms with E-state index in [1.807, 2.05) is 0 Å². The summed E-state index contributed by atoms with van der Waals surface area (Å²) < 4.78 is 48.2. The zero-order valence-corrected chi connectivity index (χ0v) is 27.4. The van der Waals surface area contributed by atoms with E-state index in [0.29, 0.717) is 11.3 Å². The van der Waals surface area contributed by atoms with E-state index in [9.17, 15) is 24.4 Å². The Kier molecular flexibility index (Phi) is 11.5. The van der Waals surface area contributed by atoms with Gasteiger partial charge >= 0.3 is 19.7 Å². The summed E-state index contributed by atoms with van der Waals surface area (Å²) in [5, 5.41) is 25.1. The molecule has 0 bridgehead atoms. The molecule has 3 aromatic rings. The molecule has 1 aliphatic rings. The van der Waals surface area contributed by atoms with E-state index >= 15 is 0 Å². The molecule has 1 aliphatic heterocycles. The minimum absolute atomic E-state index is 0.0462. The molecule has 3 N–H and O–H groups in total. The second-order valence-electron chi connectivity index (χ2n) is 11.0.